The Morgan fingerprint density at radius 2 is 1.94 bits per heavy atom. The molecule has 3 atom stereocenters. The lowest BCUT2D eigenvalue weighted by atomic mass is 9.96. The van der Waals surface area contributed by atoms with Crippen molar-refractivity contribution in [2.24, 2.45) is 5.92 Å². The summed E-state index contributed by atoms with van der Waals surface area (Å²) in [5.74, 6) is -0.0788. The first-order valence-electron chi connectivity index (χ1n) is 11.3. The van der Waals surface area contributed by atoms with Crippen LogP contribution in [0.3, 0.4) is 0 Å². The van der Waals surface area contributed by atoms with Gasteiger partial charge in [0, 0.05) is 24.0 Å². The summed E-state index contributed by atoms with van der Waals surface area (Å²) in [6, 6.07) is 7.61. The molecule has 35 heavy (non-hydrogen) atoms. The zero-order valence-electron chi connectivity index (χ0n) is 19.6. The van der Waals surface area contributed by atoms with Gasteiger partial charge in [-0.05, 0) is 51.0 Å². The van der Waals surface area contributed by atoms with Gasteiger partial charge in [0.1, 0.15) is 11.4 Å². The highest BCUT2D eigenvalue weighted by Crippen LogP contribution is 2.36. The Morgan fingerprint density at radius 1 is 1.23 bits per heavy atom. The van der Waals surface area contributed by atoms with Gasteiger partial charge in [-0.1, -0.05) is 12.1 Å². The number of hydrogen-bond donors (Lipinski definition) is 3. The second-order valence-corrected chi connectivity index (χ2v) is 9.64. The number of nitrogens with zero attached hydrogens (tertiary/aromatic N) is 3. The van der Waals surface area contributed by atoms with E-state index >= 15 is 0 Å². The van der Waals surface area contributed by atoms with E-state index in [0.29, 0.717) is 29.6 Å². The van der Waals surface area contributed by atoms with Crippen LogP contribution < -0.4 is 16.2 Å². The highest BCUT2D eigenvalue weighted by atomic mass is 19.4. The molecule has 3 aromatic rings. The molecule has 186 valence electrons. The van der Waals surface area contributed by atoms with Crippen molar-refractivity contribution in [3.63, 3.8) is 0 Å². The third kappa shape index (κ3) is 5.33. The van der Waals surface area contributed by atoms with Crippen molar-refractivity contribution in [1.82, 2.24) is 20.1 Å². The third-order valence-electron chi connectivity index (χ3n) is 5.85. The molecule has 11 heteroatoms. The molecule has 2 aromatic heterocycles. The minimum absolute atomic E-state index is 0.0717. The number of anilines is 2. The lowest BCUT2D eigenvalue weighted by molar-refractivity contribution is -0.161. The van der Waals surface area contributed by atoms with Crippen LogP contribution in [0.25, 0.3) is 10.9 Å². The number of nitriles is 1. The zero-order chi connectivity index (χ0) is 25.4. The first kappa shape index (κ1) is 24.8. The molecule has 1 aromatic carbocycles. The number of ether oxygens (including phenoxy) is 1. The lowest BCUT2D eigenvalue weighted by Crippen LogP contribution is -2.45. The average molecular weight is 489 g/mol. The van der Waals surface area contributed by atoms with E-state index in [1.54, 1.807) is 31.5 Å². The predicted octanol–water partition coefficient (Wildman–Crippen LogP) is 4.56. The SMILES string of the molecule is CC(C)(C)NC(c1ccc(Nc2nn([C@H]3COCCC3C#N)c3cc[nH]c(=O)c23)cc1)C(F)(F)F. The standard InChI is InChI=1S/C24H27F3N6O2/c1-23(2,3)31-20(24(25,26)27)14-4-6-16(7-5-14)30-21-19-17(8-10-29-22(19)34)33(32-21)18-13-35-11-9-15(18)12-28/h4-8,10,15,18,20,31H,9,11,13H2,1-3H3,(H,29,34)(H,30,32)/t15?,18-,20?/m0/s1. The summed E-state index contributed by atoms with van der Waals surface area (Å²) < 4.78 is 48.2. The monoisotopic (exact) mass is 488 g/mol. The zero-order valence-corrected chi connectivity index (χ0v) is 19.6. The van der Waals surface area contributed by atoms with Crippen LogP contribution in [0.5, 0.6) is 0 Å². The number of benzene rings is 1. The van der Waals surface area contributed by atoms with E-state index in [1.807, 2.05) is 0 Å². The van der Waals surface area contributed by atoms with Crippen molar-refractivity contribution < 1.29 is 17.9 Å². The van der Waals surface area contributed by atoms with E-state index in [-0.39, 0.29) is 35.5 Å². The average Bonchev–Trinajstić information content (AvgIpc) is 3.16. The molecule has 8 nitrogen and oxygen atoms in total. The number of alkyl halides is 3. The molecule has 3 heterocycles. The summed E-state index contributed by atoms with van der Waals surface area (Å²) in [6.45, 7) is 5.79. The molecule has 2 unspecified atom stereocenters. The molecule has 1 saturated heterocycles. The van der Waals surface area contributed by atoms with Gasteiger partial charge in [0.2, 0.25) is 0 Å². The number of nitrogens with one attached hydrogen (secondary N) is 3. The maximum atomic E-state index is 13.7. The number of H-pyrrole nitrogens is 1. The van der Waals surface area contributed by atoms with Crippen LogP contribution in [-0.2, 0) is 4.74 Å². The Kier molecular flexibility index (Phi) is 6.62. The van der Waals surface area contributed by atoms with Gasteiger partial charge in [-0.2, -0.15) is 23.5 Å². The Balaban J connectivity index is 1.67. The lowest BCUT2D eigenvalue weighted by Gasteiger charge is -2.30. The molecule has 0 aliphatic carbocycles. The van der Waals surface area contributed by atoms with Crippen LogP contribution in [0.2, 0.25) is 0 Å². The first-order valence-corrected chi connectivity index (χ1v) is 11.3. The highest BCUT2D eigenvalue weighted by molar-refractivity contribution is 5.91. The summed E-state index contributed by atoms with van der Waals surface area (Å²) in [5, 5.41) is 20.1. The van der Waals surface area contributed by atoms with E-state index in [0.717, 1.165) is 0 Å². The summed E-state index contributed by atoms with van der Waals surface area (Å²) in [4.78, 5) is 15.3. The predicted molar refractivity (Wildman–Crippen MR) is 125 cm³/mol. The molecule has 1 aliphatic heterocycles. The van der Waals surface area contributed by atoms with Gasteiger partial charge in [-0.25, -0.2) is 0 Å². The van der Waals surface area contributed by atoms with Crippen molar-refractivity contribution in [1.29, 1.82) is 5.26 Å². The van der Waals surface area contributed by atoms with Crippen LogP contribution in [0, 0.1) is 17.2 Å². The molecule has 1 fully saturated rings. The number of pyridine rings is 1. The summed E-state index contributed by atoms with van der Waals surface area (Å²) in [6.07, 6.45) is -2.41. The Labute approximate surface area is 200 Å². The van der Waals surface area contributed by atoms with Crippen LogP contribution >= 0.6 is 0 Å². The van der Waals surface area contributed by atoms with Crippen molar-refractivity contribution in [3.8, 4) is 6.07 Å². The number of halogens is 3. The number of aromatic nitrogens is 3. The van der Waals surface area contributed by atoms with Gasteiger partial charge in [0.15, 0.2) is 5.82 Å². The van der Waals surface area contributed by atoms with Crippen molar-refractivity contribution in [2.45, 2.75) is 51.0 Å². The van der Waals surface area contributed by atoms with Crippen molar-refractivity contribution in [3.05, 3.63) is 52.4 Å². The molecule has 0 amide bonds. The summed E-state index contributed by atoms with van der Waals surface area (Å²) in [7, 11) is 0. The highest BCUT2D eigenvalue weighted by Gasteiger charge is 2.42. The minimum Gasteiger partial charge on any atom is -0.379 e. The van der Waals surface area contributed by atoms with E-state index in [2.05, 4.69) is 26.8 Å². The maximum absolute atomic E-state index is 13.7. The Bertz CT molecular complexity index is 1280. The van der Waals surface area contributed by atoms with Crippen LogP contribution in [0.15, 0.2) is 41.3 Å². The van der Waals surface area contributed by atoms with E-state index in [1.165, 1.54) is 30.5 Å². The first-order chi connectivity index (χ1) is 16.5. The molecule has 3 N–H and O–H groups in total. The molecule has 0 spiro atoms. The number of hydrogen-bond acceptors (Lipinski definition) is 6. The van der Waals surface area contributed by atoms with E-state index in [9.17, 15) is 23.2 Å². The Morgan fingerprint density at radius 3 is 2.57 bits per heavy atom. The van der Waals surface area contributed by atoms with E-state index < -0.39 is 17.8 Å². The Hall–Kier alpha value is -3.36. The third-order valence-corrected chi connectivity index (χ3v) is 5.85. The largest absolute Gasteiger partial charge is 0.407 e. The topological polar surface area (TPSA) is 108 Å². The second kappa shape index (κ2) is 9.36. The van der Waals surface area contributed by atoms with Crippen LogP contribution in [0.1, 0.15) is 44.8 Å². The molecular weight excluding hydrogens is 461 g/mol. The van der Waals surface area contributed by atoms with Gasteiger partial charge in [-0.3, -0.25) is 14.8 Å². The fraction of sp³-hybridized carbons (Fsp3) is 0.458. The smallest absolute Gasteiger partial charge is 0.379 e. The number of aromatic amines is 1. The second-order valence-electron chi connectivity index (χ2n) is 9.64. The van der Waals surface area contributed by atoms with Gasteiger partial charge < -0.3 is 15.0 Å². The van der Waals surface area contributed by atoms with Gasteiger partial charge in [0.05, 0.1) is 30.2 Å². The van der Waals surface area contributed by atoms with Crippen molar-refractivity contribution >= 4 is 22.4 Å². The summed E-state index contributed by atoms with van der Waals surface area (Å²) in [5.41, 5.74) is -0.0345. The minimum atomic E-state index is -4.47. The normalized spacial score (nSPS) is 19.9. The fourth-order valence-corrected chi connectivity index (χ4v) is 4.24. The van der Waals surface area contributed by atoms with E-state index in [4.69, 9.17) is 4.74 Å². The maximum Gasteiger partial charge on any atom is 0.407 e. The number of fused-ring (bicyclic) bond motifs is 1. The molecule has 1 aliphatic rings. The number of rotatable bonds is 5. The van der Waals surface area contributed by atoms with Gasteiger partial charge >= 0.3 is 6.18 Å². The molecule has 0 bridgehead atoms. The quantitative estimate of drug-likeness (QED) is 0.486. The van der Waals surface area contributed by atoms with Crippen LogP contribution in [0.4, 0.5) is 24.7 Å². The molecular formula is C24H27F3N6O2. The molecule has 0 saturated carbocycles. The molecule has 4 rings (SSSR count). The van der Waals surface area contributed by atoms with Crippen molar-refractivity contribution in [2.75, 3.05) is 18.5 Å². The summed E-state index contributed by atoms with van der Waals surface area (Å²) >= 11 is 0. The van der Waals surface area contributed by atoms with Crippen LogP contribution in [-0.4, -0.2) is 39.7 Å². The van der Waals surface area contributed by atoms with Gasteiger partial charge in [0.25, 0.3) is 5.56 Å². The fourth-order valence-electron chi connectivity index (χ4n) is 4.24. The van der Waals surface area contributed by atoms with Gasteiger partial charge in [-0.15, -0.1) is 0 Å². The molecule has 0 radical (unpaired) electrons.